The van der Waals surface area contributed by atoms with Gasteiger partial charge in [0.25, 0.3) is 0 Å². The first kappa shape index (κ1) is 16.2. The number of hydrogen-bond acceptors (Lipinski definition) is 3. The third-order valence-electron chi connectivity index (χ3n) is 4.12. The molecule has 0 saturated heterocycles. The molecule has 2 rings (SSSR count). The van der Waals surface area contributed by atoms with E-state index in [1.54, 1.807) is 0 Å². The molecule has 3 N–H and O–H groups in total. The van der Waals surface area contributed by atoms with Crippen molar-refractivity contribution in [3.05, 3.63) is 29.8 Å². The molecule has 0 amide bonds. The molecule has 0 aliphatic heterocycles. The average molecular weight is 298 g/mol. The smallest absolute Gasteiger partial charge is 0.248 e. The minimum absolute atomic E-state index is 0.0481. The Morgan fingerprint density at radius 2 is 1.90 bits per heavy atom. The summed E-state index contributed by atoms with van der Waals surface area (Å²) in [5.74, 6) is 4.12. The van der Waals surface area contributed by atoms with Gasteiger partial charge >= 0.3 is 0 Å². The average Bonchev–Trinajstić information content (AvgIpc) is 2.48. The number of rotatable bonds is 6. The van der Waals surface area contributed by atoms with E-state index >= 15 is 0 Å². The lowest BCUT2D eigenvalue weighted by Gasteiger charge is -2.33. The first-order valence-electron chi connectivity index (χ1n) is 7.62. The zero-order valence-corrected chi connectivity index (χ0v) is 12.4. The second-order valence-corrected chi connectivity index (χ2v) is 5.76. The summed E-state index contributed by atoms with van der Waals surface area (Å²) in [6.45, 7) is 2.75. The van der Waals surface area contributed by atoms with Gasteiger partial charge in [0, 0.05) is 18.9 Å². The minimum Gasteiger partial charge on any atom is -0.494 e. The molecule has 1 saturated carbocycles. The summed E-state index contributed by atoms with van der Waals surface area (Å²) in [5, 5.41) is 0. The standard InChI is InChI=1S/C16H24F2N2O/c1-2-11-21-14-5-3-12(4-6-14)15(20-19)13-7-9-16(17,18)10-8-13/h3-6,13,15,20H,2,7-11,19H2,1H3. The van der Waals surface area contributed by atoms with Gasteiger partial charge < -0.3 is 4.74 Å². The van der Waals surface area contributed by atoms with Gasteiger partial charge in [-0.3, -0.25) is 11.3 Å². The Labute approximate surface area is 124 Å². The first-order valence-corrected chi connectivity index (χ1v) is 7.62. The Bertz CT molecular complexity index is 426. The van der Waals surface area contributed by atoms with Crippen molar-refractivity contribution >= 4 is 0 Å². The number of alkyl halides is 2. The van der Waals surface area contributed by atoms with Crippen LogP contribution in [0.15, 0.2) is 24.3 Å². The maximum absolute atomic E-state index is 13.3. The Hall–Kier alpha value is -1.20. The van der Waals surface area contributed by atoms with Crippen LogP contribution >= 0.6 is 0 Å². The van der Waals surface area contributed by atoms with Crippen LogP contribution in [0.25, 0.3) is 0 Å². The molecule has 0 heterocycles. The molecule has 1 aromatic carbocycles. The Morgan fingerprint density at radius 1 is 1.29 bits per heavy atom. The van der Waals surface area contributed by atoms with Crippen LogP contribution in [-0.4, -0.2) is 12.5 Å². The van der Waals surface area contributed by atoms with E-state index in [-0.39, 0.29) is 24.8 Å². The van der Waals surface area contributed by atoms with Gasteiger partial charge in [-0.05, 0) is 42.9 Å². The van der Waals surface area contributed by atoms with Gasteiger partial charge in [-0.15, -0.1) is 0 Å². The SMILES string of the molecule is CCCOc1ccc(C(NN)C2CCC(F)(F)CC2)cc1. The predicted octanol–water partition coefficient (Wildman–Crippen LogP) is 3.81. The molecule has 1 aliphatic carbocycles. The van der Waals surface area contributed by atoms with Gasteiger partial charge in [0.2, 0.25) is 5.92 Å². The quantitative estimate of drug-likeness (QED) is 0.620. The van der Waals surface area contributed by atoms with Crippen LogP contribution in [0.2, 0.25) is 0 Å². The number of hydrogen-bond donors (Lipinski definition) is 2. The molecule has 1 aliphatic rings. The second-order valence-electron chi connectivity index (χ2n) is 5.76. The monoisotopic (exact) mass is 298 g/mol. The predicted molar refractivity (Wildman–Crippen MR) is 79.2 cm³/mol. The van der Waals surface area contributed by atoms with E-state index in [9.17, 15) is 8.78 Å². The molecule has 0 radical (unpaired) electrons. The molecule has 5 heteroatoms. The van der Waals surface area contributed by atoms with Crippen molar-refractivity contribution in [3.63, 3.8) is 0 Å². The molecule has 3 nitrogen and oxygen atoms in total. The van der Waals surface area contributed by atoms with Gasteiger partial charge in [-0.25, -0.2) is 8.78 Å². The van der Waals surface area contributed by atoms with E-state index in [0.29, 0.717) is 19.4 Å². The van der Waals surface area contributed by atoms with Crippen LogP contribution in [0.1, 0.15) is 50.6 Å². The van der Waals surface area contributed by atoms with Crippen LogP contribution in [0.3, 0.4) is 0 Å². The fraction of sp³-hybridized carbons (Fsp3) is 0.625. The third kappa shape index (κ3) is 4.38. The molecule has 1 aromatic rings. The molecule has 1 unspecified atom stereocenters. The summed E-state index contributed by atoms with van der Waals surface area (Å²) in [7, 11) is 0. The molecule has 21 heavy (non-hydrogen) atoms. The fourth-order valence-electron chi connectivity index (χ4n) is 2.89. The number of ether oxygens (including phenoxy) is 1. The van der Waals surface area contributed by atoms with Crippen LogP contribution in [-0.2, 0) is 0 Å². The summed E-state index contributed by atoms with van der Waals surface area (Å²) in [5.41, 5.74) is 3.82. The lowest BCUT2D eigenvalue weighted by molar-refractivity contribution is -0.0497. The van der Waals surface area contributed by atoms with E-state index in [0.717, 1.165) is 17.7 Å². The minimum atomic E-state index is -2.51. The topological polar surface area (TPSA) is 47.3 Å². The van der Waals surface area contributed by atoms with Crippen LogP contribution in [0.5, 0.6) is 5.75 Å². The van der Waals surface area contributed by atoms with Crippen molar-refractivity contribution in [1.29, 1.82) is 0 Å². The Morgan fingerprint density at radius 3 is 2.43 bits per heavy atom. The molecule has 0 aromatic heterocycles. The molecular formula is C16H24F2N2O. The highest BCUT2D eigenvalue weighted by Gasteiger charge is 2.37. The number of halogens is 2. The third-order valence-corrected chi connectivity index (χ3v) is 4.12. The normalized spacial score (nSPS) is 20.2. The van der Waals surface area contributed by atoms with Crippen LogP contribution in [0.4, 0.5) is 8.78 Å². The van der Waals surface area contributed by atoms with E-state index in [1.165, 1.54) is 0 Å². The molecule has 118 valence electrons. The fourth-order valence-corrected chi connectivity index (χ4v) is 2.89. The number of nitrogens with two attached hydrogens (primary N) is 1. The maximum Gasteiger partial charge on any atom is 0.248 e. The number of benzene rings is 1. The molecule has 1 fully saturated rings. The van der Waals surface area contributed by atoms with Gasteiger partial charge in [-0.2, -0.15) is 0 Å². The second kappa shape index (κ2) is 7.18. The van der Waals surface area contributed by atoms with Crippen LogP contribution < -0.4 is 16.0 Å². The lowest BCUT2D eigenvalue weighted by atomic mass is 9.80. The van der Waals surface area contributed by atoms with Crippen molar-refractivity contribution in [3.8, 4) is 5.75 Å². The number of hydrazine groups is 1. The first-order chi connectivity index (χ1) is 10.1. The molecular weight excluding hydrogens is 274 g/mol. The summed E-state index contributed by atoms with van der Waals surface area (Å²) >= 11 is 0. The highest BCUT2D eigenvalue weighted by Crippen LogP contribution is 2.41. The van der Waals surface area contributed by atoms with Crippen molar-refractivity contribution in [2.75, 3.05) is 6.61 Å². The summed E-state index contributed by atoms with van der Waals surface area (Å²) < 4.78 is 32.0. The molecule has 0 bridgehead atoms. The summed E-state index contributed by atoms with van der Waals surface area (Å²) in [6.07, 6.45) is 1.86. The van der Waals surface area contributed by atoms with Gasteiger partial charge in [0.15, 0.2) is 0 Å². The molecule has 1 atom stereocenters. The molecule has 0 spiro atoms. The Balaban J connectivity index is 2.00. The largest absolute Gasteiger partial charge is 0.494 e. The van der Waals surface area contributed by atoms with Gasteiger partial charge in [0.1, 0.15) is 5.75 Å². The van der Waals surface area contributed by atoms with E-state index in [1.807, 2.05) is 24.3 Å². The van der Waals surface area contributed by atoms with Gasteiger partial charge in [-0.1, -0.05) is 19.1 Å². The maximum atomic E-state index is 13.3. The van der Waals surface area contributed by atoms with E-state index in [4.69, 9.17) is 10.6 Å². The van der Waals surface area contributed by atoms with Crippen molar-refractivity contribution in [2.24, 2.45) is 11.8 Å². The summed E-state index contributed by atoms with van der Waals surface area (Å²) in [4.78, 5) is 0. The van der Waals surface area contributed by atoms with Crippen molar-refractivity contribution in [2.45, 2.75) is 51.0 Å². The highest BCUT2D eigenvalue weighted by molar-refractivity contribution is 5.29. The van der Waals surface area contributed by atoms with E-state index in [2.05, 4.69) is 12.3 Å². The Kier molecular flexibility index (Phi) is 5.53. The number of nitrogens with one attached hydrogen (secondary N) is 1. The van der Waals surface area contributed by atoms with E-state index < -0.39 is 5.92 Å². The van der Waals surface area contributed by atoms with Crippen molar-refractivity contribution in [1.82, 2.24) is 5.43 Å². The lowest BCUT2D eigenvalue weighted by Crippen LogP contribution is -2.37. The summed E-state index contributed by atoms with van der Waals surface area (Å²) in [6, 6.07) is 7.66. The van der Waals surface area contributed by atoms with Crippen molar-refractivity contribution < 1.29 is 13.5 Å². The van der Waals surface area contributed by atoms with Crippen LogP contribution in [0, 0.1) is 5.92 Å². The zero-order chi connectivity index (χ0) is 15.3. The zero-order valence-electron chi connectivity index (χ0n) is 12.4. The highest BCUT2D eigenvalue weighted by atomic mass is 19.3. The van der Waals surface area contributed by atoms with Gasteiger partial charge in [0.05, 0.1) is 6.61 Å².